The highest BCUT2D eigenvalue weighted by atomic mass is 35.5. The number of halogens is 1. The number of allylic oxidation sites excluding steroid dienone is 6. The summed E-state index contributed by atoms with van der Waals surface area (Å²) in [5.74, 6) is -0.123. The van der Waals surface area contributed by atoms with E-state index in [1.807, 2.05) is 36.4 Å². The molecule has 0 unspecified atom stereocenters. The number of hydrogen-bond acceptors (Lipinski definition) is 2. The second-order valence-electron chi connectivity index (χ2n) is 6.05. The molecule has 118 valence electrons. The molecule has 0 aliphatic heterocycles. The number of rotatable bonds is 2. The van der Waals surface area contributed by atoms with Crippen LogP contribution in [0.25, 0.3) is 16.5 Å². The lowest BCUT2D eigenvalue weighted by atomic mass is 10.0. The highest BCUT2D eigenvalue weighted by Crippen LogP contribution is 2.39. The third kappa shape index (κ3) is 2.15. The zero-order chi connectivity index (χ0) is 16.8. The summed E-state index contributed by atoms with van der Waals surface area (Å²) in [4.78, 5) is 12.8. The molecule has 2 aliphatic carbocycles. The highest BCUT2D eigenvalue weighted by Gasteiger charge is 2.30. The lowest BCUT2D eigenvalue weighted by molar-refractivity contribution is 0.104. The van der Waals surface area contributed by atoms with Crippen molar-refractivity contribution >= 4 is 33.9 Å². The normalized spacial score (nSPS) is 18.9. The molecular formula is C21H15ClO2. The molecule has 0 amide bonds. The first kappa shape index (κ1) is 15.0. The van der Waals surface area contributed by atoms with Crippen LogP contribution in [0, 0.1) is 0 Å². The van der Waals surface area contributed by atoms with E-state index in [0.717, 1.165) is 34.8 Å². The summed E-state index contributed by atoms with van der Waals surface area (Å²) in [7, 11) is 0. The Balaban J connectivity index is 1.84. The summed E-state index contributed by atoms with van der Waals surface area (Å²) in [5, 5.41) is 13.2. The molecule has 2 aromatic carbocycles. The van der Waals surface area contributed by atoms with Crippen molar-refractivity contribution in [1.29, 1.82) is 0 Å². The van der Waals surface area contributed by atoms with Gasteiger partial charge in [-0.05, 0) is 53.0 Å². The second-order valence-corrected chi connectivity index (χ2v) is 6.43. The summed E-state index contributed by atoms with van der Waals surface area (Å²) in [6, 6.07) is 11.5. The molecule has 0 fully saturated rings. The minimum absolute atomic E-state index is 0.0322. The summed E-state index contributed by atoms with van der Waals surface area (Å²) in [6.07, 6.45) is 5.03. The summed E-state index contributed by atoms with van der Waals surface area (Å²) < 4.78 is 0. The fraction of sp³-hybridized carbons (Fsp3) is 0.0952. The van der Waals surface area contributed by atoms with Crippen molar-refractivity contribution in [1.82, 2.24) is 0 Å². The molecular weight excluding hydrogens is 320 g/mol. The summed E-state index contributed by atoms with van der Waals surface area (Å²) in [6.45, 7) is 3.76. The van der Waals surface area contributed by atoms with Gasteiger partial charge in [-0.15, -0.1) is 0 Å². The first-order valence-corrected chi connectivity index (χ1v) is 8.21. The Morgan fingerprint density at radius 3 is 2.38 bits per heavy atom. The average Bonchev–Trinajstić information content (AvgIpc) is 3.06. The van der Waals surface area contributed by atoms with Crippen LogP contribution in [0.5, 0.6) is 0 Å². The van der Waals surface area contributed by atoms with Gasteiger partial charge in [0.15, 0.2) is 5.78 Å². The van der Waals surface area contributed by atoms with Gasteiger partial charge in [0, 0.05) is 16.2 Å². The van der Waals surface area contributed by atoms with Gasteiger partial charge in [-0.1, -0.05) is 48.5 Å². The summed E-state index contributed by atoms with van der Waals surface area (Å²) in [5.41, 5.74) is 3.31. The molecule has 0 heterocycles. The van der Waals surface area contributed by atoms with Gasteiger partial charge in [-0.3, -0.25) is 4.79 Å². The van der Waals surface area contributed by atoms with Gasteiger partial charge >= 0.3 is 0 Å². The van der Waals surface area contributed by atoms with Gasteiger partial charge in [0.2, 0.25) is 0 Å². The van der Waals surface area contributed by atoms with E-state index in [1.54, 1.807) is 12.2 Å². The number of fused-ring (bicyclic) bond motifs is 2. The third-order valence-electron chi connectivity index (χ3n) is 4.68. The van der Waals surface area contributed by atoms with Gasteiger partial charge in [0.25, 0.3) is 0 Å². The van der Waals surface area contributed by atoms with Crippen LogP contribution in [-0.2, 0) is 0 Å². The van der Waals surface area contributed by atoms with Gasteiger partial charge in [0.1, 0.15) is 5.76 Å². The molecule has 1 N–H and O–H groups in total. The van der Waals surface area contributed by atoms with Crippen LogP contribution in [0.15, 0.2) is 76.9 Å². The van der Waals surface area contributed by atoms with E-state index in [2.05, 4.69) is 6.58 Å². The topological polar surface area (TPSA) is 37.3 Å². The third-order valence-corrected chi connectivity index (χ3v) is 5.16. The van der Waals surface area contributed by atoms with Gasteiger partial charge in [-0.25, -0.2) is 0 Å². The minimum atomic E-state index is -0.155. The average molecular weight is 335 g/mol. The minimum Gasteiger partial charge on any atom is -0.507 e. The lowest BCUT2D eigenvalue weighted by Crippen LogP contribution is -1.97. The van der Waals surface area contributed by atoms with E-state index in [-0.39, 0.29) is 11.5 Å². The van der Waals surface area contributed by atoms with E-state index >= 15 is 0 Å². The molecule has 0 saturated heterocycles. The van der Waals surface area contributed by atoms with E-state index < -0.39 is 0 Å². The Bertz CT molecular complexity index is 1010. The predicted molar refractivity (Wildman–Crippen MR) is 98.2 cm³/mol. The van der Waals surface area contributed by atoms with Gasteiger partial charge < -0.3 is 5.11 Å². The van der Waals surface area contributed by atoms with Gasteiger partial charge in [0.05, 0.1) is 5.57 Å². The van der Waals surface area contributed by atoms with Crippen molar-refractivity contribution in [3.8, 4) is 0 Å². The molecule has 0 spiro atoms. The molecule has 0 radical (unpaired) electrons. The number of hydrogen-bond donors (Lipinski definition) is 1. The quantitative estimate of drug-likeness (QED) is 0.764. The Morgan fingerprint density at radius 2 is 1.75 bits per heavy atom. The van der Waals surface area contributed by atoms with Crippen molar-refractivity contribution in [2.45, 2.75) is 12.8 Å². The van der Waals surface area contributed by atoms with Crippen molar-refractivity contribution in [2.75, 3.05) is 0 Å². The van der Waals surface area contributed by atoms with Crippen LogP contribution >= 0.6 is 11.6 Å². The zero-order valence-electron chi connectivity index (χ0n) is 13.0. The molecule has 4 rings (SSSR count). The number of aliphatic hydroxyl groups excluding tert-OH is 1. The maximum atomic E-state index is 12.8. The SMILES string of the molecule is C=CC1=C(Cl)/C(=C/C2=C(O)c3cc4ccccc4cc3C2=O)CC1. The van der Waals surface area contributed by atoms with Crippen molar-refractivity contribution in [2.24, 2.45) is 0 Å². The van der Waals surface area contributed by atoms with E-state index in [9.17, 15) is 9.90 Å². The monoisotopic (exact) mass is 334 g/mol. The number of carbonyl (C=O) groups excluding carboxylic acids is 1. The molecule has 2 nitrogen and oxygen atoms in total. The standard InChI is InChI=1S/C21H15ClO2/c1-2-12-7-8-15(19(12)22)11-18-20(23)16-9-13-5-3-4-6-14(13)10-17(16)21(18)24/h2-6,9-11,23H,1,7-8H2/b15-11+. The van der Waals surface area contributed by atoms with E-state index in [4.69, 9.17) is 11.6 Å². The molecule has 0 atom stereocenters. The fourth-order valence-electron chi connectivity index (χ4n) is 3.35. The van der Waals surface area contributed by atoms with E-state index in [1.165, 1.54) is 0 Å². The summed E-state index contributed by atoms with van der Waals surface area (Å²) >= 11 is 6.34. The van der Waals surface area contributed by atoms with Crippen LogP contribution in [0.3, 0.4) is 0 Å². The predicted octanol–water partition coefficient (Wildman–Crippen LogP) is 5.70. The van der Waals surface area contributed by atoms with E-state index in [0.29, 0.717) is 21.7 Å². The highest BCUT2D eigenvalue weighted by molar-refractivity contribution is 6.33. The maximum Gasteiger partial charge on any atom is 0.197 e. The van der Waals surface area contributed by atoms with Crippen LogP contribution in [-0.4, -0.2) is 10.9 Å². The fourth-order valence-corrected chi connectivity index (χ4v) is 3.67. The lowest BCUT2D eigenvalue weighted by Gasteiger charge is -2.02. The molecule has 0 aromatic heterocycles. The van der Waals surface area contributed by atoms with Crippen molar-refractivity contribution in [3.63, 3.8) is 0 Å². The molecule has 0 bridgehead atoms. The van der Waals surface area contributed by atoms with Crippen molar-refractivity contribution < 1.29 is 9.90 Å². The second kappa shape index (κ2) is 5.50. The molecule has 3 heteroatoms. The Kier molecular flexibility index (Phi) is 3.43. The first-order valence-electron chi connectivity index (χ1n) is 7.83. The Morgan fingerprint density at radius 1 is 1.08 bits per heavy atom. The van der Waals surface area contributed by atoms with Gasteiger partial charge in [-0.2, -0.15) is 0 Å². The largest absolute Gasteiger partial charge is 0.507 e. The zero-order valence-corrected chi connectivity index (χ0v) is 13.7. The number of aliphatic hydroxyl groups is 1. The molecule has 2 aromatic rings. The Hall–Kier alpha value is -2.58. The molecule has 2 aliphatic rings. The Labute approximate surface area is 145 Å². The number of carbonyl (C=O) groups is 1. The first-order chi connectivity index (χ1) is 11.6. The smallest absolute Gasteiger partial charge is 0.197 e. The van der Waals surface area contributed by atoms with Crippen LogP contribution in [0.2, 0.25) is 0 Å². The van der Waals surface area contributed by atoms with Crippen molar-refractivity contribution in [3.05, 3.63) is 88.0 Å². The molecule has 24 heavy (non-hydrogen) atoms. The van der Waals surface area contributed by atoms with Crippen LogP contribution < -0.4 is 0 Å². The maximum absolute atomic E-state index is 12.8. The van der Waals surface area contributed by atoms with Crippen LogP contribution in [0.4, 0.5) is 0 Å². The number of benzene rings is 2. The van der Waals surface area contributed by atoms with Crippen LogP contribution in [0.1, 0.15) is 28.8 Å². The number of Topliss-reactive ketones (excluding diaryl/α,β-unsaturated/α-hetero) is 1. The molecule has 0 saturated carbocycles. The number of ketones is 1.